The first kappa shape index (κ1) is 23.4. The standard InChI is InChI=1S/C17H34N4O2.HI/c1-4-7-12-23-13-8-10-19-17(18-6-3)20-15-9-11-21(14-15)16(22)5-2;/h15H,4-14H2,1-3H3,(H2,18,19,20);1H. The highest BCUT2D eigenvalue weighted by molar-refractivity contribution is 14.0. The summed E-state index contributed by atoms with van der Waals surface area (Å²) in [6.45, 7) is 11.0. The highest BCUT2D eigenvalue weighted by Crippen LogP contribution is 2.10. The SMILES string of the molecule is CCCCOCCCN=C(NCC)NC1CCN(C(=O)CC)C1.I. The molecule has 6 nitrogen and oxygen atoms in total. The first-order valence-electron chi connectivity index (χ1n) is 9.11. The first-order chi connectivity index (χ1) is 11.2. The van der Waals surface area contributed by atoms with E-state index in [4.69, 9.17) is 4.74 Å². The molecular formula is C17H35IN4O2. The predicted octanol–water partition coefficient (Wildman–Crippen LogP) is 2.38. The van der Waals surface area contributed by atoms with Crippen molar-refractivity contribution in [3.05, 3.63) is 0 Å². The van der Waals surface area contributed by atoms with Crippen molar-refractivity contribution < 1.29 is 9.53 Å². The molecule has 0 spiro atoms. The van der Waals surface area contributed by atoms with Crippen molar-refractivity contribution in [2.24, 2.45) is 4.99 Å². The summed E-state index contributed by atoms with van der Waals surface area (Å²) in [5.74, 6) is 1.08. The van der Waals surface area contributed by atoms with E-state index in [9.17, 15) is 4.79 Å². The number of halogens is 1. The number of likely N-dealkylation sites (tertiary alicyclic amines) is 1. The molecule has 1 heterocycles. The van der Waals surface area contributed by atoms with E-state index in [1.807, 2.05) is 11.8 Å². The summed E-state index contributed by atoms with van der Waals surface area (Å²) in [5, 5.41) is 6.71. The predicted molar refractivity (Wildman–Crippen MR) is 110 cm³/mol. The minimum Gasteiger partial charge on any atom is -0.381 e. The van der Waals surface area contributed by atoms with E-state index in [-0.39, 0.29) is 29.9 Å². The number of hydrogen-bond donors (Lipinski definition) is 2. The third-order valence-electron chi connectivity index (χ3n) is 3.89. The molecule has 0 bridgehead atoms. The van der Waals surface area contributed by atoms with Crippen molar-refractivity contribution in [1.82, 2.24) is 15.5 Å². The monoisotopic (exact) mass is 454 g/mol. The number of aliphatic imine (C=N–C) groups is 1. The average Bonchev–Trinajstić information content (AvgIpc) is 3.02. The Hall–Kier alpha value is -0.570. The summed E-state index contributed by atoms with van der Waals surface area (Å²) in [5.41, 5.74) is 0. The molecule has 1 aliphatic rings. The molecule has 0 aromatic rings. The van der Waals surface area contributed by atoms with Gasteiger partial charge in [0, 0.05) is 51.9 Å². The molecule has 1 atom stereocenters. The Morgan fingerprint density at radius 3 is 2.67 bits per heavy atom. The van der Waals surface area contributed by atoms with Gasteiger partial charge in [-0.25, -0.2) is 0 Å². The molecule has 24 heavy (non-hydrogen) atoms. The van der Waals surface area contributed by atoms with Gasteiger partial charge in [-0.3, -0.25) is 9.79 Å². The Balaban J connectivity index is 0.00000529. The maximum absolute atomic E-state index is 11.7. The fourth-order valence-corrected chi connectivity index (χ4v) is 2.55. The van der Waals surface area contributed by atoms with E-state index in [0.29, 0.717) is 12.5 Å². The van der Waals surface area contributed by atoms with E-state index in [2.05, 4.69) is 29.5 Å². The number of hydrogen-bond acceptors (Lipinski definition) is 3. The van der Waals surface area contributed by atoms with Crippen LogP contribution < -0.4 is 10.6 Å². The van der Waals surface area contributed by atoms with Gasteiger partial charge in [0.05, 0.1) is 0 Å². The summed E-state index contributed by atoms with van der Waals surface area (Å²) in [6.07, 6.45) is 4.80. The topological polar surface area (TPSA) is 66.0 Å². The molecular weight excluding hydrogens is 419 g/mol. The second-order valence-corrected chi connectivity index (χ2v) is 5.90. The lowest BCUT2D eigenvalue weighted by Gasteiger charge is -2.18. The van der Waals surface area contributed by atoms with Crippen LogP contribution in [0.4, 0.5) is 0 Å². The molecule has 1 aliphatic heterocycles. The van der Waals surface area contributed by atoms with E-state index in [1.54, 1.807) is 0 Å². The van der Waals surface area contributed by atoms with E-state index >= 15 is 0 Å². The van der Waals surface area contributed by atoms with E-state index in [0.717, 1.165) is 64.6 Å². The van der Waals surface area contributed by atoms with Crippen molar-refractivity contribution in [2.45, 2.75) is 58.9 Å². The number of nitrogens with zero attached hydrogens (tertiary/aromatic N) is 2. The summed E-state index contributed by atoms with van der Waals surface area (Å²) in [6, 6.07) is 0.295. The van der Waals surface area contributed by atoms with Crippen LogP contribution in [0.5, 0.6) is 0 Å². The van der Waals surface area contributed by atoms with Crippen LogP contribution in [-0.4, -0.2) is 62.2 Å². The lowest BCUT2D eigenvalue weighted by atomic mass is 10.3. The second kappa shape index (κ2) is 14.7. The highest BCUT2D eigenvalue weighted by atomic mass is 127. The van der Waals surface area contributed by atoms with Gasteiger partial charge in [0.25, 0.3) is 0 Å². The van der Waals surface area contributed by atoms with Crippen LogP contribution in [-0.2, 0) is 9.53 Å². The van der Waals surface area contributed by atoms with Crippen molar-refractivity contribution >= 4 is 35.8 Å². The molecule has 0 aliphatic carbocycles. The van der Waals surface area contributed by atoms with Crippen LogP contribution in [0, 0.1) is 0 Å². The molecule has 1 unspecified atom stereocenters. The zero-order chi connectivity index (χ0) is 16.9. The quantitative estimate of drug-likeness (QED) is 0.230. The lowest BCUT2D eigenvalue weighted by Crippen LogP contribution is -2.45. The molecule has 0 aromatic heterocycles. The van der Waals surface area contributed by atoms with E-state index in [1.165, 1.54) is 6.42 Å². The number of rotatable bonds is 10. The van der Waals surface area contributed by atoms with Crippen LogP contribution >= 0.6 is 24.0 Å². The van der Waals surface area contributed by atoms with Gasteiger partial charge in [0.1, 0.15) is 0 Å². The van der Waals surface area contributed by atoms with Crippen LogP contribution in [0.3, 0.4) is 0 Å². The molecule has 2 N–H and O–H groups in total. The van der Waals surface area contributed by atoms with Gasteiger partial charge >= 0.3 is 0 Å². The van der Waals surface area contributed by atoms with Gasteiger partial charge in [-0.1, -0.05) is 20.3 Å². The van der Waals surface area contributed by atoms with Crippen LogP contribution in [0.2, 0.25) is 0 Å². The third kappa shape index (κ3) is 9.66. The van der Waals surface area contributed by atoms with Gasteiger partial charge in [-0.15, -0.1) is 24.0 Å². The molecule has 1 rings (SSSR count). The number of ether oxygens (including phenoxy) is 1. The molecule has 1 saturated heterocycles. The third-order valence-corrected chi connectivity index (χ3v) is 3.89. The Morgan fingerprint density at radius 1 is 1.25 bits per heavy atom. The summed E-state index contributed by atoms with van der Waals surface area (Å²) < 4.78 is 5.55. The van der Waals surface area contributed by atoms with Crippen LogP contribution in [0.1, 0.15) is 52.9 Å². The average molecular weight is 454 g/mol. The Kier molecular flexibility index (Phi) is 14.4. The van der Waals surface area contributed by atoms with Gasteiger partial charge < -0.3 is 20.3 Å². The smallest absolute Gasteiger partial charge is 0.222 e. The maximum Gasteiger partial charge on any atom is 0.222 e. The minimum absolute atomic E-state index is 0. The number of carbonyl (C=O) groups is 1. The molecule has 142 valence electrons. The molecule has 0 aromatic carbocycles. The normalized spacial score (nSPS) is 17.5. The minimum atomic E-state index is 0. The number of nitrogens with one attached hydrogen (secondary N) is 2. The Bertz CT molecular complexity index is 366. The van der Waals surface area contributed by atoms with Crippen LogP contribution in [0.25, 0.3) is 0 Å². The number of carbonyl (C=O) groups excluding carboxylic acids is 1. The summed E-state index contributed by atoms with van der Waals surface area (Å²) in [4.78, 5) is 18.3. The highest BCUT2D eigenvalue weighted by Gasteiger charge is 2.25. The number of unbranched alkanes of at least 4 members (excludes halogenated alkanes) is 1. The fourth-order valence-electron chi connectivity index (χ4n) is 2.55. The van der Waals surface area contributed by atoms with Crippen molar-refractivity contribution in [3.8, 4) is 0 Å². The molecule has 1 fully saturated rings. The van der Waals surface area contributed by atoms with Crippen molar-refractivity contribution in [1.29, 1.82) is 0 Å². The second-order valence-electron chi connectivity index (χ2n) is 5.90. The van der Waals surface area contributed by atoms with Gasteiger partial charge in [-0.05, 0) is 26.2 Å². The van der Waals surface area contributed by atoms with Crippen molar-refractivity contribution in [3.63, 3.8) is 0 Å². The number of guanidine groups is 1. The fraction of sp³-hybridized carbons (Fsp3) is 0.882. The maximum atomic E-state index is 11.7. The largest absolute Gasteiger partial charge is 0.381 e. The Morgan fingerprint density at radius 2 is 2.00 bits per heavy atom. The molecule has 0 radical (unpaired) electrons. The van der Waals surface area contributed by atoms with Crippen molar-refractivity contribution in [2.75, 3.05) is 39.4 Å². The van der Waals surface area contributed by atoms with Gasteiger partial charge in [0.15, 0.2) is 5.96 Å². The zero-order valence-corrected chi connectivity index (χ0v) is 17.8. The summed E-state index contributed by atoms with van der Waals surface area (Å²) in [7, 11) is 0. The molecule has 7 heteroatoms. The van der Waals surface area contributed by atoms with Gasteiger partial charge in [0.2, 0.25) is 5.91 Å². The summed E-state index contributed by atoms with van der Waals surface area (Å²) >= 11 is 0. The molecule has 0 saturated carbocycles. The van der Waals surface area contributed by atoms with E-state index < -0.39 is 0 Å². The Labute approximate surface area is 164 Å². The molecule has 1 amide bonds. The first-order valence-corrected chi connectivity index (χ1v) is 9.11. The zero-order valence-electron chi connectivity index (χ0n) is 15.5. The van der Waals surface area contributed by atoms with Gasteiger partial charge in [-0.2, -0.15) is 0 Å². The lowest BCUT2D eigenvalue weighted by molar-refractivity contribution is -0.129. The van der Waals surface area contributed by atoms with Crippen LogP contribution in [0.15, 0.2) is 4.99 Å². The number of amides is 1.